The van der Waals surface area contributed by atoms with Crippen LogP contribution in [-0.2, 0) is 13.1 Å². The number of nitrogens with zero attached hydrogens (tertiary/aromatic N) is 2. The molecule has 2 heterocycles. The lowest BCUT2D eigenvalue weighted by atomic mass is 10.1. The summed E-state index contributed by atoms with van der Waals surface area (Å²) >= 11 is 3.48. The van der Waals surface area contributed by atoms with Crippen LogP contribution in [0.3, 0.4) is 0 Å². The van der Waals surface area contributed by atoms with Crippen LogP contribution in [0.15, 0.2) is 53.0 Å². The number of nitrogens with one attached hydrogen (secondary N) is 1. The van der Waals surface area contributed by atoms with E-state index in [9.17, 15) is 5.11 Å². The topological polar surface area (TPSA) is 59.5 Å². The molecular weight excluding hydrogens is 416 g/mol. The van der Waals surface area contributed by atoms with E-state index in [-0.39, 0.29) is 0 Å². The van der Waals surface area contributed by atoms with Gasteiger partial charge in [0.1, 0.15) is 36.8 Å². The summed E-state index contributed by atoms with van der Waals surface area (Å²) in [5.41, 5.74) is 9.68. The second-order valence-corrected chi connectivity index (χ2v) is 8.66. The number of anilines is 1. The van der Waals surface area contributed by atoms with E-state index in [1.54, 1.807) is 4.90 Å². The van der Waals surface area contributed by atoms with Gasteiger partial charge in [0.25, 0.3) is 0 Å². The quantitative estimate of drug-likeness (QED) is 0.509. The maximum absolute atomic E-state index is 10.8. The maximum Gasteiger partial charge on any atom is 0.356 e. The van der Waals surface area contributed by atoms with Crippen molar-refractivity contribution in [1.82, 2.24) is 4.57 Å². The highest BCUT2D eigenvalue weighted by molar-refractivity contribution is 9.10. The summed E-state index contributed by atoms with van der Waals surface area (Å²) in [7, 11) is 0. The van der Waals surface area contributed by atoms with Crippen LogP contribution in [0.25, 0.3) is 11.0 Å². The highest BCUT2D eigenvalue weighted by Crippen LogP contribution is 2.21. The Bertz CT molecular complexity index is 949. The number of piperidine rings is 1. The van der Waals surface area contributed by atoms with E-state index in [0.29, 0.717) is 12.5 Å². The molecule has 4 N–H and O–H groups in total. The van der Waals surface area contributed by atoms with E-state index >= 15 is 0 Å². The monoisotopic (exact) mass is 444 g/mol. The van der Waals surface area contributed by atoms with Crippen molar-refractivity contribution in [3.05, 3.63) is 58.6 Å². The lowest BCUT2D eigenvalue weighted by Gasteiger charge is -2.22. The van der Waals surface area contributed by atoms with Crippen molar-refractivity contribution in [2.75, 3.05) is 25.4 Å². The highest BCUT2D eigenvalue weighted by atomic mass is 79.9. The van der Waals surface area contributed by atoms with Gasteiger partial charge >= 0.3 is 5.95 Å². The third-order valence-corrected chi connectivity index (χ3v) is 6.35. The second-order valence-electron chi connectivity index (χ2n) is 7.74. The molecule has 5 nitrogen and oxygen atoms in total. The summed E-state index contributed by atoms with van der Waals surface area (Å²) in [6.07, 6.45) is 3.41. The number of benzene rings is 2. The molecule has 0 spiro atoms. The van der Waals surface area contributed by atoms with Gasteiger partial charge in [-0.25, -0.2) is 9.13 Å². The molecule has 6 heteroatoms. The summed E-state index contributed by atoms with van der Waals surface area (Å²) < 4.78 is 5.23. The molecule has 2 aromatic carbocycles. The summed E-state index contributed by atoms with van der Waals surface area (Å²) in [6.45, 7) is 4.96. The second kappa shape index (κ2) is 8.64. The van der Waals surface area contributed by atoms with Crippen molar-refractivity contribution >= 4 is 32.9 Å². The summed E-state index contributed by atoms with van der Waals surface area (Å²) in [5.74, 6) is 0.714. The van der Waals surface area contributed by atoms with Crippen molar-refractivity contribution in [3.63, 3.8) is 0 Å². The summed E-state index contributed by atoms with van der Waals surface area (Å²) in [4.78, 5) is 1.67. The Morgan fingerprint density at radius 1 is 1.11 bits per heavy atom. The van der Waals surface area contributed by atoms with E-state index in [0.717, 1.165) is 34.2 Å². The molecule has 1 aliphatic rings. The first-order valence-electron chi connectivity index (χ1n) is 10.2. The van der Waals surface area contributed by atoms with Crippen LogP contribution in [0.5, 0.6) is 0 Å². The van der Waals surface area contributed by atoms with Crippen LogP contribution in [0.2, 0.25) is 0 Å². The van der Waals surface area contributed by atoms with Crippen LogP contribution in [0, 0.1) is 0 Å². The summed E-state index contributed by atoms with van der Waals surface area (Å²) in [6, 6.07) is 16.1. The van der Waals surface area contributed by atoms with Gasteiger partial charge in [-0.3, -0.25) is 5.73 Å². The van der Waals surface area contributed by atoms with Crippen molar-refractivity contribution in [3.8, 4) is 0 Å². The molecule has 28 heavy (non-hydrogen) atoms. The van der Waals surface area contributed by atoms with Crippen LogP contribution in [0.1, 0.15) is 30.9 Å². The van der Waals surface area contributed by atoms with Crippen LogP contribution in [-0.4, -0.2) is 29.3 Å². The number of imidazole rings is 1. The third kappa shape index (κ3) is 4.09. The Labute approximate surface area is 174 Å². The molecular formula is C22H29BrN4O+2. The standard InChI is InChI=1S/C22H27BrN4O/c23-18-8-6-7-17(15-18)21(28)16-27-20-10-3-2-9-19(20)26(22(27)24)14-13-25-11-4-1-5-12-25/h2-3,6-10,15,21,24,28H,1,4-5,11-14,16H2/p+2/t21-/m0/s1. The number of quaternary nitrogens is 1. The number of nitrogen functional groups attached to an aromatic ring is 1. The number of nitrogens with two attached hydrogens (primary N) is 1. The smallest absolute Gasteiger partial charge is 0.356 e. The number of aliphatic hydroxyl groups is 1. The highest BCUT2D eigenvalue weighted by Gasteiger charge is 2.24. The molecule has 0 radical (unpaired) electrons. The van der Waals surface area contributed by atoms with Gasteiger partial charge in [0.2, 0.25) is 0 Å². The molecule has 4 rings (SSSR count). The van der Waals surface area contributed by atoms with Crippen molar-refractivity contribution < 1.29 is 14.6 Å². The number of hydrogen-bond donors (Lipinski definition) is 3. The predicted molar refractivity (Wildman–Crippen MR) is 115 cm³/mol. The Balaban J connectivity index is 1.60. The van der Waals surface area contributed by atoms with Gasteiger partial charge in [0.05, 0.1) is 13.1 Å². The SMILES string of the molecule is Nc1n(CC[NH+]2CCCCC2)c2ccccc2[n+]1C[C@H](O)c1cccc(Br)c1. The largest absolute Gasteiger partial charge is 0.385 e. The summed E-state index contributed by atoms with van der Waals surface area (Å²) in [5, 5.41) is 10.8. The normalized spacial score (nSPS) is 16.5. The molecule has 0 saturated carbocycles. The average molecular weight is 445 g/mol. The van der Waals surface area contributed by atoms with Crippen molar-refractivity contribution in [1.29, 1.82) is 0 Å². The fourth-order valence-electron chi connectivity index (χ4n) is 4.30. The van der Waals surface area contributed by atoms with E-state index in [1.807, 2.05) is 34.9 Å². The molecule has 148 valence electrons. The predicted octanol–water partition coefficient (Wildman–Crippen LogP) is 2.08. The maximum atomic E-state index is 10.8. The number of fused-ring (bicyclic) bond motifs is 1. The molecule has 0 amide bonds. The number of hydrogen-bond acceptors (Lipinski definition) is 2. The van der Waals surface area contributed by atoms with Gasteiger partial charge in [-0.2, -0.15) is 0 Å². The van der Waals surface area contributed by atoms with Crippen molar-refractivity contribution in [2.24, 2.45) is 0 Å². The van der Waals surface area contributed by atoms with E-state index < -0.39 is 6.10 Å². The minimum absolute atomic E-state index is 0.437. The Morgan fingerprint density at radius 3 is 2.68 bits per heavy atom. The molecule has 0 bridgehead atoms. The third-order valence-electron chi connectivity index (χ3n) is 5.85. The number of para-hydroxylation sites is 2. The molecule has 0 aliphatic carbocycles. The molecule has 1 aromatic heterocycles. The van der Waals surface area contributed by atoms with Crippen LogP contribution < -0.4 is 15.2 Å². The van der Waals surface area contributed by atoms with Gasteiger partial charge in [-0.15, -0.1) is 0 Å². The van der Waals surface area contributed by atoms with Gasteiger partial charge in [0.15, 0.2) is 0 Å². The Hall–Kier alpha value is -1.89. The lowest BCUT2D eigenvalue weighted by molar-refractivity contribution is -0.905. The van der Waals surface area contributed by atoms with E-state index in [1.165, 1.54) is 32.4 Å². The first-order valence-corrected chi connectivity index (χ1v) is 11.0. The van der Waals surface area contributed by atoms with E-state index in [2.05, 4.69) is 38.7 Å². The molecule has 1 aliphatic heterocycles. The number of aliphatic hydroxyl groups excluding tert-OH is 1. The van der Waals surface area contributed by atoms with Gasteiger partial charge in [-0.1, -0.05) is 40.2 Å². The van der Waals surface area contributed by atoms with Crippen LogP contribution >= 0.6 is 15.9 Å². The minimum atomic E-state index is -0.614. The molecule has 1 fully saturated rings. The Morgan fingerprint density at radius 2 is 1.89 bits per heavy atom. The van der Waals surface area contributed by atoms with Gasteiger partial charge in [-0.05, 0) is 49.1 Å². The molecule has 3 aromatic rings. The first kappa shape index (κ1) is 19.4. The van der Waals surface area contributed by atoms with Gasteiger partial charge < -0.3 is 10.0 Å². The zero-order valence-electron chi connectivity index (χ0n) is 16.1. The first-order chi connectivity index (χ1) is 13.6. The molecule has 1 atom stereocenters. The fraction of sp³-hybridized carbons (Fsp3) is 0.409. The lowest BCUT2D eigenvalue weighted by Crippen LogP contribution is -3.13. The number of rotatable bonds is 6. The zero-order chi connectivity index (χ0) is 19.5. The number of aromatic nitrogens is 2. The fourth-order valence-corrected chi connectivity index (χ4v) is 4.72. The average Bonchev–Trinajstić information content (AvgIpc) is 2.98. The minimum Gasteiger partial charge on any atom is -0.385 e. The van der Waals surface area contributed by atoms with Crippen LogP contribution in [0.4, 0.5) is 5.95 Å². The van der Waals surface area contributed by atoms with Crippen molar-refractivity contribution in [2.45, 2.75) is 38.5 Å². The zero-order valence-corrected chi connectivity index (χ0v) is 17.7. The number of likely N-dealkylation sites (tertiary alicyclic amines) is 1. The van der Waals surface area contributed by atoms with Gasteiger partial charge in [0, 0.05) is 4.47 Å². The van der Waals surface area contributed by atoms with E-state index in [4.69, 9.17) is 5.73 Å². The number of halogens is 1. The molecule has 1 saturated heterocycles. The molecule has 0 unspecified atom stereocenters. The Kier molecular flexibility index (Phi) is 5.99.